The second kappa shape index (κ2) is 7.45. The molecule has 0 saturated heterocycles. The van der Waals surface area contributed by atoms with E-state index < -0.39 is 6.09 Å². The fourth-order valence-electron chi connectivity index (χ4n) is 1.63. The van der Waals surface area contributed by atoms with Crippen molar-refractivity contribution in [1.82, 2.24) is 10.3 Å². The van der Waals surface area contributed by atoms with Crippen LogP contribution in [0.2, 0.25) is 0 Å². The van der Waals surface area contributed by atoms with Gasteiger partial charge in [0.15, 0.2) is 0 Å². The van der Waals surface area contributed by atoms with Crippen LogP contribution in [0.5, 0.6) is 0 Å². The van der Waals surface area contributed by atoms with Gasteiger partial charge in [0.05, 0.1) is 17.2 Å². The number of alkyl carbamates (subject to hydrolysis) is 1. The summed E-state index contributed by atoms with van der Waals surface area (Å²) in [5.74, 6) is 0. The zero-order valence-electron chi connectivity index (χ0n) is 11.0. The molecule has 1 aromatic heterocycles. The summed E-state index contributed by atoms with van der Waals surface area (Å²) >= 11 is 1.59. The molecule has 0 aliphatic rings. The van der Waals surface area contributed by atoms with Crippen molar-refractivity contribution < 1.29 is 9.53 Å². The summed E-state index contributed by atoms with van der Waals surface area (Å²) in [6.45, 7) is 4.07. The van der Waals surface area contributed by atoms with E-state index in [1.54, 1.807) is 11.3 Å². The number of ether oxygens (including phenoxy) is 1. The number of nitrogens with one attached hydrogen (secondary N) is 1. The van der Waals surface area contributed by atoms with E-state index in [1.807, 2.05) is 23.6 Å². The summed E-state index contributed by atoms with van der Waals surface area (Å²) in [5.41, 5.74) is 2.07. The molecule has 1 N–H and O–H groups in total. The Labute approximate surface area is 122 Å². The quantitative estimate of drug-likeness (QED) is 0.831. The van der Waals surface area contributed by atoms with Crippen molar-refractivity contribution in [3.8, 4) is 0 Å². The maximum Gasteiger partial charge on any atom is 0.407 e. The standard InChI is InChI=1S/C15H16N2O2S/c1-2-8-19-15(18)16-10-13-11-20-14(17-13)9-12-6-4-3-5-7-12/h2-7,11H,1,8-10H2,(H,16,18). The highest BCUT2D eigenvalue weighted by Crippen LogP contribution is 2.14. The molecule has 1 amide bonds. The van der Waals surface area contributed by atoms with E-state index in [4.69, 9.17) is 4.74 Å². The Morgan fingerprint density at radius 3 is 2.95 bits per heavy atom. The predicted octanol–water partition coefficient (Wildman–Crippen LogP) is 3.15. The van der Waals surface area contributed by atoms with Gasteiger partial charge in [-0.2, -0.15) is 0 Å². The molecule has 0 bridgehead atoms. The molecular formula is C15H16N2O2S. The minimum Gasteiger partial charge on any atom is -0.445 e. The number of rotatable bonds is 6. The van der Waals surface area contributed by atoms with Gasteiger partial charge in [0.2, 0.25) is 0 Å². The van der Waals surface area contributed by atoms with Crippen LogP contribution in [0, 0.1) is 0 Å². The average Bonchev–Trinajstić information content (AvgIpc) is 2.91. The van der Waals surface area contributed by atoms with Gasteiger partial charge in [0, 0.05) is 11.8 Å². The van der Waals surface area contributed by atoms with Gasteiger partial charge in [-0.25, -0.2) is 9.78 Å². The summed E-state index contributed by atoms with van der Waals surface area (Å²) in [6.07, 6.45) is 1.88. The molecule has 1 aromatic carbocycles. The Balaban J connectivity index is 1.83. The van der Waals surface area contributed by atoms with Crippen LogP contribution in [-0.2, 0) is 17.7 Å². The molecule has 104 valence electrons. The Hall–Kier alpha value is -2.14. The van der Waals surface area contributed by atoms with Crippen LogP contribution >= 0.6 is 11.3 Å². The highest BCUT2D eigenvalue weighted by Gasteiger charge is 2.05. The SMILES string of the molecule is C=CCOC(=O)NCc1csc(Cc2ccccc2)n1. The zero-order valence-corrected chi connectivity index (χ0v) is 11.9. The number of thiazole rings is 1. The molecule has 20 heavy (non-hydrogen) atoms. The van der Waals surface area contributed by atoms with E-state index in [9.17, 15) is 4.79 Å². The minimum atomic E-state index is -0.456. The highest BCUT2D eigenvalue weighted by molar-refractivity contribution is 7.09. The Bertz CT molecular complexity index is 566. The number of nitrogens with zero attached hydrogens (tertiary/aromatic N) is 1. The van der Waals surface area contributed by atoms with Gasteiger partial charge in [0.1, 0.15) is 6.61 Å². The second-order valence-corrected chi connectivity index (χ2v) is 5.08. The van der Waals surface area contributed by atoms with Crippen LogP contribution in [0.3, 0.4) is 0 Å². The first kappa shape index (κ1) is 14.3. The molecule has 1 heterocycles. The van der Waals surface area contributed by atoms with Crippen molar-refractivity contribution in [3.63, 3.8) is 0 Å². The summed E-state index contributed by atoms with van der Waals surface area (Å²) in [5, 5.41) is 5.63. The summed E-state index contributed by atoms with van der Waals surface area (Å²) < 4.78 is 4.82. The second-order valence-electron chi connectivity index (χ2n) is 4.14. The van der Waals surface area contributed by atoms with Crippen LogP contribution in [0.4, 0.5) is 4.79 Å². The molecule has 4 nitrogen and oxygen atoms in total. The van der Waals surface area contributed by atoms with Crippen molar-refractivity contribution in [1.29, 1.82) is 0 Å². The first-order valence-electron chi connectivity index (χ1n) is 6.26. The summed E-state index contributed by atoms with van der Waals surface area (Å²) in [7, 11) is 0. The van der Waals surface area contributed by atoms with E-state index in [0.29, 0.717) is 6.54 Å². The fourth-order valence-corrected chi connectivity index (χ4v) is 2.46. The molecule has 2 rings (SSSR count). The molecule has 0 aliphatic heterocycles. The summed E-state index contributed by atoms with van der Waals surface area (Å²) in [4.78, 5) is 15.8. The van der Waals surface area contributed by atoms with Gasteiger partial charge in [-0.1, -0.05) is 43.0 Å². The largest absolute Gasteiger partial charge is 0.445 e. The number of carbonyl (C=O) groups excluding carboxylic acids is 1. The lowest BCUT2D eigenvalue weighted by Gasteiger charge is -2.02. The third kappa shape index (κ3) is 4.51. The molecular weight excluding hydrogens is 272 g/mol. The van der Waals surface area contributed by atoms with Gasteiger partial charge in [-0.3, -0.25) is 0 Å². The van der Waals surface area contributed by atoms with E-state index in [0.717, 1.165) is 17.1 Å². The van der Waals surface area contributed by atoms with E-state index >= 15 is 0 Å². The lowest BCUT2D eigenvalue weighted by atomic mass is 10.2. The van der Waals surface area contributed by atoms with Crippen LogP contribution in [-0.4, -0.2) is 17.7 Å². The Morgan fingerprint density at radius 2 is 2.20 bits per heavy atom. The van der Waals surface area contributed by atoms with Gasteiger partial charge < -0.3 is 10.1 Å². The number of hydrogen-bond donors (Lipinski definition) is 1. The van der Waals surface area contributed by atoms with Crippen LogP contribution in [0.25, 0.3) is 0 Å². The number of carbonyl (C=O) groups is 1. The van der Waals surface area contributed by atoms with Crippen molar-refractivity contribution in [2.45, 2.75) is 13.0 Å². The number of hydrogen-bond acceptors (Lipinski definition) is 4. The maximum atomic E-state index is 11.3. The van der Waals surface area contributed by atoms with Gasteiger partial charge in [0.25, 0.3) is 0 Å². The van der Waals surface area contributed by atoms with Crippen LogP contribution in [0.15, 0.2) is 48.4 Å². The smallest absolute Gasteiger partial charge is 0.407 e. The highest BCUT2D eigenvalue weighted by atomic mass is 32.1. The molecule has 0 spiro atoms. The first-order valence-corrected chi connectivity index (χ1v) is 7.14. The zero-order chi connectivity index (χ0) is 14.2. The predicted molar refractivity (Wildman–Crippen MR) is 79.7 cm³/mol. The fraction of sp³-hybridized carbons (Fsp3) is 0.200. The number of aromatic nitrogens is 1. The Morgan fingerprint density at radius 1 is 1.40 bits per heavy atom. The molecule has 2 aromatic rings. The molecule has 0 aliphatic carbocycles. The monoisotopic (exact) mass is 288 g/mol. The third-order valence-electron chi connectivity index (χ3n) is 2.54. The molecule has 0 fully saturated rings. The molecule has 0 radical (unpaired) electrons. The first-order chi connectivity index (χ1) is 9.78. The van der Waals surface area contributed by atoms with E-state index in [1.165, 1.54) is 11.6 Å². The third-order valence-corrected chi connectivity index (χ3v) is 3.44. The number of amides is 1. The summed E-state index contributed by atoms with van der Waals surface area (Å²) in [6, 6.07) is 10.2. The van der Waals surface area contributed by atoms with E-state index in [-0.39, 0.29) is 6.61 Å². The van der Waals surface area contributed by atoms with Crippen LogP contribution in [0.1, 0.15) is 16.3 Å². The molecule has 0 unspecified atom stereocenters. The molecule has 0 saturated carbocycles. The van der Waals surface area contributed by atoms with Gasteiger partial charge >= 0.3 is 6.09 Å². The van der Waals surface area contributed by atoms with Crippen molar-refractivity contribution >= 4 is 17.4 Å². The van der Waals surface area contributed by atoms with Crippen molar-refractivity contribution in [3.05, 3.63) is 64.6 Å². The lowest BCUT2D eigenvalue weighted by Crippen LogP contribution is -2.23. The normalized spacial score (nSPS) is 10.0. The van der Waals surface area contributed by atoms with Crippen LogP contribution < -0.4 is 5.32 Å². The lowest BCUT2D eigenvalue weighted by molar-refractivity contribution is 0.157. The minimum absolute atomic E-state index is 0.210. The molecule has 5 heteroatoms. The average molecular weight is 288 g/mol. The number of benzene rings is 1. The van der Waals surface area contributed by atoms with Crippen molar-refractivity contribution in [2.24, 2.45) is 0 Å². The van der Waals surface area contributed by atoms with Crippen molar-refractivity contribution in [2.75, 3.05) is 6.61 Å². The Kier molecular flexibility index (Phi) is 5.32. The molecule has 0 atom stereocenters. The van der Waals surface area contributed by atoms with E-state index in [2.05, 4.69) is 29.0 Å². The maximum absolute atomic E-state index is 11.3. The topological polar surface area (TPSA) is 51.2 Å². The van der Waals surface area contributed by atoms with Gasteiger partial charge in [-0.05, 0) is 5.56 Å². The van der Waals surface area contributed by atoms with Gasteiger partial charge in [-0.15, -0.1) is 11.3 Å².